The minimum Gasteiger partial charge on any atom is -0.409 e. The summed E-state index contributed by atoms with van der Waals surface area (Å²) in [6.07, 6.45) is 1.62. The zero-order chi connectivity index (χ0) is 15.2. The highest BCUT2D eigenvalue weighted by Crippen LogP contribution is 2.24. The summed E-state index contributed by atoms with van der Waals surface area (Å²) in [5.41, 5.74) is 6.29. The number of para-hydroxylation sites is 1. The number of oxime groups is 1. The second-order valence-corrected chi connectivity index (χ2v) is 5.18. The van der Waals surface area contributed by atoms with Gasteiger partial charge in [0.1, 0.15) is 11.9 Å². The van der Waals surface area contributed by atoms with Gasteiger partial charge in [-0.3, -0.25) is 4.79 Å². The molecule has 21 heavy (non-hydrogen) atoms. The van der Waals surface area contributed by atoms with Crippen molar-refractivity contribution in [2.45, 2.75) is 38.4 Å². The van der Waals surface area contributed by atoms with Crippen molar-refractivity contribution in [3.63, 3.8) is 0 Å². The molecule has 0 spiro atoms. The van der Waals surface area contributed by atoms with Crippen LogP contribution in [0, 0.1) is 0 Å². The van der Waals surface area contributed by atoms with E-state index in [2.05, 4.69) is 5.16 Å². The van der Waals surface area contributed by atoms with Crippen LogP contribution in [0.5, 0.6) is 0 Å². The normalized spacial score (nSPS) is 22.2. The maximum Gasteiger partial charge on any atom is 0.256 e. The summed E-state index contributed by atoms with van der Waals surface area (Å²) < 4.78 is 5.66. The van der Waals surface area contributed by atoms with Crippen LogP contribution in [0.25, 0.3) is 0 Å². The van der Waals surface area contributed by atoms with E-state index in [4.69, 9.17) is 15.7 Å². The molecule has 0 radical (unpaired) electrons. The molecule has 1 amide bonds. The second-order valence-electron chi connectivity index (χ2n) is 5.18. The molecule has 1 aliphatic rings. The minimum absolute atomic E-state index is 0.0729. The van der Waals surface area contributed by atoms with Gasteiger partial charge in [0, 0.05) is 18.7 Å². The number of anilines is 1. The molecule has 6 nitrogen and oxygen atoms in total. The highest BCUT2D eigenvalue weighted by molar-refractivity contribution is 5.97. The zero-order valence-electron chi connectivity index (χ0n) is 12.1. The van der Waals surface area contributed by atoms with Crippen LogP contribution < -0.4 is 10.6 Å². The molecule has 0 bridgehead atoms. The summed E-state index contributed by atoms with van der Waals surface area (Å²) in [5, 5.41) is 11.6. The van der Waals surface area contributed by atoms with Gasteiger partial charge in [-0.2, -0.15) is 0 Å². The van der Waals surface area contributed by atoms with Crippen LogP contribution >= 0.6 is 0 Å². The van der Waals surface area contributed by atoms with Crippen molar-refractivity contribution >= 4 is 17.4 Å². The first kappa shape index (κ1) is 15.3. The van der Waals surface area contributed by atoms with E-state index in [1.807, 2.05) is 37.3 Å². The number of benzene rings is 1. The topological polar surface area (TPSA) is 88.2 Å². The van der Waals surface area contributed by atoms with E-state index in [0.717, 1.165) is 18.5 Å². The standard InChI is InChI=1S/C15H21N3O3/c1-11-7-8-13(21-11)15(19)18(10-9-14(16)17-20)12-5-3-2-4-6-12/h2-6,11,13,20H,7-10H2,1H3,(H2,16,17). The Labute approximate surface area is 124 Å². The molecule has 0 aromatic heterocycles. The fourth-order valence-electron chi connectivity index (χ4n) is 2.41. The maximum absolute atomic E-state index is 12.7. The van der Waals surface area contributed by atoms with E-state index in [0.29, 0.717) is 13.0 Å². The molecule has 2 unspecified atom stereocenters. The Bertz CT molecular complexity index is 504. The first-order valence-corrected chi connectivity index (χ1v) is 7.10. The first-order chi connectivity index (χ1) is 10.1. The molecule has 1 fully saturated rings. The zero-order valence-corrected chi connectivity index (χ0v) is 12.1. The Kier molecular flexibility index (Phi) is 5.16. The third-order valence-electron chi connectivity index (χ3n) is 3.56. The molecular formula is C15H21N3O3. The van der Waals surface area contributed by atoms with Gasteiger partial charge in [0.25, 0.3) is 5.91 Å². The lowest BCUT2D eigenvalue weighted by Crippen LogP contribution is -2.41. The predicted molar refractivity (Wildman–Crippen MR) is 80.4 cm³/mol. The van der Waals surface area contributed by atoms with E-state index >= 15 is 0 Å². The Morgan fingerprint density at radius 3 is 2.71 bits per heavy atom. The van der Waals surface area contributed by atoms with Crippen molar-refractivity contribution in [1.29, 1.82) is 0 Å². The van der Waals surface area contributed by atoms with Gasteiger partial charge in [0.15, 0.2) is 0 Å². The number of hydrogen-bond donors (Lipinski definition) is 2. The van der Waals surface area contributed by atoms with Crippen molar-refractivity contribution in [2.24, 2.45) is 10.9 Å². The number of rotatable bonds is 5. The molecule has 1 saturated heterocycles. The third-order valence-corrected chi connectivity index (χ3v) is 3.56. The molecular weight excluding hydrogens is 270 g/mol. The lowest BCUT2D eigenvalue weighted by Gasteiger charge is -2.25. The molecule has 1 aliphatic heterocycles. The Morgan fingerprint density at radius 2 is 2.14 bits per heavy atom. The average molecular weight is 291 g/mol. The number of ether oxygens (including phenoxy) is 1. The number of nitrogens with zero attached hydrogens (tertiary/aromatic N) is 2. The summed E-state index contributed by atoms with van der Waals surface area (Å²) in [5.74, 6) is 0.0285. The van der Waals surface area contributed by atoms with Crippen LogP contribution in [-0.2, 0) is 9.53 Å². The van der Waals surface area contributed by atoms with Crippen LogP contribution in [-0.4, -0.2) is 35.7 Å². The van der Waals surface area contributed by atoms with Crippen LogP contribution in [0.3, 0.4) is 0 Å². The number of hydrogen-bond acceptors (Lipinski definition) is 4. The minimum atomic E-state index is -0.410. The smallest absolute Gasteiger partial charge is 0.256 e. The quantitative estimate of drug-likeness (QED) is 0.374. The van der Waals surface area contributed by atoms with Gasteiger partial charge >= 0.3 is 0 Å². The SMILES string of the molecule is CC1CCC(C(=O)N(CC/C(N)=N/O)c2ccccc2)O1. The number of carbonyl (C=O) groups is 1. The molecule has 0 saturated carbocycles. The summed E-state index contributed by atoms with van der Waals surface area (Å²) in [6.45, 7) is 2.32. The van der Waals surface area contributed by atoms with Gasteiger partial charge in [0.05, 0.1) is 6.10 Å². The monoisotopic (exact) mass is 291 g/mol. The van der Waals surface area contributed by atoms with Crippen molar-refractivity contribution in [1.82, 2.24) is 0 Å². The molecule has 6 heteroatoms. The number of nitrogens with two attached hydrogens (primary N) is 1. The molecule has 114 valence electrons. The van der Waals surface area contributed by atoms with Crippen molar-refractivity contribution < 1.29 is 14.7 Å². The van der Waals surface area contributed by atoms with Crippen LogP contribution in [0.4, 0.5) is 5.69 Å². The number of amides is 1. The Morgan fingerprint density at radius 1 is 1.43 bits per heavy atom. The van der Waals surface area contributed by atoms with Crippen molar-refractivity contribution in [3.05, 3.63) is 30.3 Å². The van der Waals surface area contributed by atoms with Gasteiger partial charge in [0.2, 0.25) is 0 Å². The van der Waals surface area contributed by atoms with Crippen molar-refractivity contribution in [3.8, 4) is 0 Å². The Hall–Kier alpha value is -2.08. The summed E-state index contributed by atoms with van der Waals surface area (Å²) in [7, 11) is 0. The summed E-state index contributed by atoms with van der Waals surface area (Å²) >= 11 is 0. The van der Waals surface area contributed by atoms with Crippen LogP contribution in [0.15, 0.2) is 35.5 Å². The third kappa shape index (κ3) is 3.95. The number of carbonyl (C=O) groups excluding carboxylic acids is 1. The largest absolute Gasteiger partial charge is 0.409 e. The molecule has 0 aliphatic carbocycles. The first-order valence-electron chi connectivity index (χ1n) is 7.10. The fraction of sp³-hybridized carbons (Fsp3) is 0.467. The van der Waals surface area contributed by atoms with Crippen molar-refractivity contribution in [2.75, 3.05) is 11.4 Å². The molecule has 2 rings (SSSR count). The predicted octanol–water partition coefficient (Wildman–Crippen LogP) is 1.72. The van der Waals surface area contributed by atoms with E-state index in [1.165, 1.54) is 0 Å². The van der Waals surface area contributed by atoms with Gasteiger partial charge in [-0.15, -0.1) is 0 Å². The molecule has 1 heterocycles. The second kappa shape index (κ2) is 7.08. The molecule has 1 aromatic rings. The summed E-state index contributed by atoms with van der Waals surface area (Å²) in [6, 6.07) is 9.36. The van der Waals surface area contributed by atoms with E-state index in [1.54, 1.807) is 4.90 Å². The molecule has 2 atom stereocenters. The maximum atomic E-state index is 12.7. The Balaban J connectivity index is 2.13. The molecule has 3 N–H and O–H groups in total. The fourth-order valence-corrected chi connectivity index (χ4v) is 2.41. The van der Waals surface area contributed by atoms with Gasteiger partial charge in [-0.1, -0.05) is 23.4 Å². The van der Waals surface area contributed by atoms with Crippen LogP contribution in [0.1, 0.15) is 26.2 Å². The van der Waals surface area contributed by atoms with Crippen LogP contribution in [0.2, 0.25) is 0 Å². The van der Waals surface area contributed by atoms with E-state index in [9.17, 15) is 4.79 Å². The van der Waals surface area contributed by atoms with E-state index in [-0.39, 0.29) is 17.8 Å². The van der Waals surface area contributed by atoms with Gasteiger partial charge in [-0.05, 0) is 31.9 Å². The highest BCUT2D eigenvalue weighted by atomic mass is 16.5. The van der Waals surface area contributed by atoms with Gasteiger partial charge < -0.3 is 20.6 Å². The lowest BCUT2D eigenvalue weighted by atomic mass is 10.1. The highest BCUT2D eigenvalue weighted by Gasteiger charge is 2.32. The lowest BCUT2D eigenvalue weighted by molar-refractivity contribution is -0.128. The average Bonchev–Trinajstić information content (AvgIpc) is 2.94. The number of amidine groups is 1. The van der Waals surface area contributed by atoms with Gasteiger partial charge in [-0.25, -0.2) is 0 Å². The van der Waals surface area contributed by atoms with E-state index < -0.39 is 6.10 Å². The summed E-state index contributed by atoms with van der Waals surface area (Å²) in [4.78, 5) is 14.3. The molecule has 1 aromatic carbocycles.